The average molecular weight is 541 g/mol. The second-order valence-electron chi connectivity index (χ2n) is 9.56. The summed E-state index contributed by atoms with van der Waals surface area (Å²) in [7, 11) is 0. The molecule has 0 aliphatic carbocycles. The van der Waals surface area contributed by atoms with Crippen LogP contribution in [0.4, 0.5) is 4.79 Å². The summed E-state index contributed by atoms with van der Waals surface area (Å²) in [5, 5.41) is 10.8. The Kier molecular flexibility index (Phi) is 8.06. The normalized spacial score (nSPS) is 17.9. The Balaban J connectivity index is 1.32. The smallest absolute Gasteiger partial charge is 0.410 e. The Bertz CT molecular complexity index is 1290. The zero-order chi connectivity index (χ0) is 26.6. The molecule has 1 fully saturated rings. The molecule has 1 aromatic heterocycles. The summed E-state index contributed by atoms with van der Waals surface area (Å²) in [4.78, 5) is 34.7. The minimum Gasteiger partial charge on any atom is -0.484 e. The zero-order valence-corrected chi connectivity index (χ0v) is 22.2. The quantitative estimate of drug-likeness (QED) is 0.476. The van der Waals surface area contributed by atoms with Crippen molar-refractivity contribution in [2.24, 2.45) is 0 Å². The first kappa shape index (κ1) is 26.3. The fraction of sp³-hybridized carbons (Fsp3) is 0.429. The largest absolute Gasteiger partial charge is 0.484 e. The Morgan fingerprint density at radius 1 is 1.08 bits per heavy atom. The minimum atomic E-state index is -0.357. The number of ether oxygens (including phenoxy) is 2. The van der Waals surface area contributed by atoms with E-state index in [4.69, 9.17) is 26.2 Å². The molecule has 38 heavy (non-hydrogen) atoms. The first-order valence-electron chi connectivity index (χ1n) is 13.1. The molecule has 202 valence electrons. The number of carbonyl (C=O) groups is 2. The van der Waals surface area contributed by atoms with Gasteiger partial charge in [-0.1, -0.05) is 23.7 Å². The van der Waals surface area contributed by atoms with E-state index in [9.17, 15) is 9.59 Å². The lowest BCUT2D eigenvalue weighted by molar-refractivity contribution is -0.135. The third kappa shape index (κ3) is 5.45. The van der Waals surface area contributed by atoms with E-state index in [-0.39, 0.29) is 31.3 Å². The summed E-state index contributed by atoms with van der Waals surface area (Å²) < 4.78 is 11.2. The van der Waals surface area contributed by atoms with Crippen LogP contribution in [-0.4, -0.2) is 95.9 Å². The fourth-order valence-corrected chi connectivity index (χ4v) is 5.53. The number of nitrogens with one attached hydrogen (secondary N) is 1. The van der Waals surface area contributed by atoms with Gasteiger partial charge in [0.25, 0.3) is 5.91 Å². The SMILES string of the molecule is CCOC(=O)N1CCc2c([nH]c3ccc(Cl)cc23)C1c1ccc(OCC(=O)N2CCN(CCO)CC2)cc1. The minimum absolute atomic E-state index is 0.0371. The number of aliphatic hydroxyl groups is 1. The molecule has 1 unspecified atom stereocenters. The predicted molar refractivity (Wildman–Crippen MR) is 145 cm³/mol. The van der Waals surface area contributed by atoms with Gasteiger partial charge in [0.15, 0.2) is 6.61 Å². The average Bonchev–Trinajstić information content (AvgIpc) is 3.30. The molecule has 0 saturated carbocycles. The van der Waals surface area contributed by atoms with Gasteiger partial charge in [-0.05, 0) is 54.8 Å². The van der Waals surface area contributed by atoms with Crippen LogP contribution in [-0.2, 0) is 16.0 Å². The maximum atomic E-state index is 12.9. The standard InChI is InChI=1S/C28H33ClN4O5/c1-2-37-28(36)33-10-9-22-23-17-20(29)5-8-24(23)30-26(22)27(33)19-3-6-21(7-4-19)38-18-25(35)32-13-11-31(12-14-32)15-16-34/h3-8,17,27,30,34H,2,9-16,18H2,1H3. The Labute approximate surface area is 226 Å². The van der Waals surface area contributed by atoms with Crippen molar-refractivity contribution in [2.75, 3.05) is 59.1 Å². The molecular formula is C28H33ClN4O5. The van der Waals surface area contributed by atoms with Crippen molar-refractivity contribution in [2.45, 2.75) is 19.4 Å². The summed E-state index contributed by atoms with van der Waals surface area (Å²) in [6.07, 6.45) is 0.340. The third-order valence-corrected chi connectivity index (χ3v) is 7.53. The van der Waals surface area contributed by atoms with Crippen molar-refractivity contribution < 1.29 is 24.2 Å². The molecule has 10 heteroatoms. The maximum Gasteiger partial charge on any atom is 0.410 e. The van der Waals surface area contributed by atoms with E-state index in [1.54, 1.807) is 16.7 Å². The van der Waals surface area contributed by atoms with Crippen molar-refractivity contribution in [3.05, 3.63) is 64.3 Å². The van der Waals surface area contributed by atoms with Crippen LogP contribution in [0.15, 0.2) is 42.5 Å². The van der Waals surface area contributed by atoms with Gasteiger partial charge < -0.3 is 24.5 Å². The lowest BCUT2D eigenvalue weighted by atomic mass is 9.92. The Hall–Kier alpha value is -3.27. The summed E-state index contributed by atoms with van der Waals surface area (Å²) >= 11 is 6.28. The van der Waals surface area contributed by atoms with E-state index in [0.717, 1.165) is 40.8 Å². The highest BCUT2D eigenvalue weighted by Gasteiger charge is 2.35. The molecule has 0 bridgehead atoms. The van der Waals surface area contributed by atoms with Crippen LogP contribution in [0.2, 0.25) is 5.02 Å². The number of rotatable bonds is 7. The number of aromatic amines is 1. The van der Waals surface area contributed by atoms with Crippen LogP contribution >= 0.6 is 11.6 Å². The highest BCUT2D eigenvalue weighted by Crippen LogP contribution is 2.39. The van der Waals surface area contributed by atoms with Crippen molar-refractivity contribution in [1.29, 1.82) is 0 Å². The van der Waals surface area contributed by atoms with Crippen molar-refractivity contribution in [3.8, 4) is 5.75 Å². The van der Waals surface area contributed by atoms with E-state index in [2.05, 4.69) is 9.88 Å². The lowest BCUT2D eigenvalue weighted by Crippen LogP contribution is -2.50. The molecule has 0 radical (unpaired) electrons. The highest BCUT2D eigenvalue weighted by molar-refractivity contribution is 6.31. The monoisotopic (exact) mass is 540 g/mol. The molecule has 2 N–H and O–H groups in total. The number of H-pyrrole nitrogens is 1. The van der Waals surface area contributed by atoms with Gasteiger partial charge in [-0.2, -0.15) is 0 Å². The lowest BCUT2D eigenvalue weighted by Gasteiger charge is -2.35. The topological polar surface area (TPSA) is 98.3 Å². The van der Waals surface area contributed by atoms with Crippen molar-refractivity contribution in [1.82, 2.24) is 19.7 Å². The number of halogens is 1. The molecule has 1 saturated heterocycles. The number of aromatic nitrogens is 1. The summed E-state index contributed by atoms with van der Waals surface area (Å²) in [6.45, 7) is 6.11. The molecule has 3 heterocycles. The van der Waals surface area contributed by atoms with Gasteiger partial charge in [-0.25, -0.2) is 4.79 Å². The third-order valence-electron chi connectivity index (χ3n) is 7.29. The number of hydrogen-bond acceptors (Lipinski definition) is 6. The van der Waals surface area contributed by atoms with Crippen molar-refractivity contribution >= 4 is 34.5 Å². The van der Waals surface area contributed by atoms with E-state index >= 15 is 0 Å². The van der Waals surface area contributed by atoms with Crippen LogP contribution < -0.4 is 4.74 Å². The number of aliphatic hydroxyl groups excluding tert-OH is 1. The van der Waals surface area contributed by atoms with Gasteiger partial charge in [0.1, 0.15) is 11.8 Å². The molecule has 3 aromatic rings. The molecule has 1 atom stereocenters. The summed E-state index contributed by atoms with van der Waals surface area (Å²) in [5.41, 5.74) is 3.99. The molecule has 9 nitrogen and oxygen atoms in total. The second kappa shape index (κ2) is 11.6. The van der Waals surface area contributed by atoms with Gasteiger partial charge >= 0.3 is 6.09 Å². The molecule has 0 spiro atoms. The first-order chi connectivity index (χ1) is 18.5. The van der Waals surface area contributed by atoms with Crippen LogP contribution in [0.3, 0.4) is 0 Å². The van der Waals surface area contributed by atoms with Crippen LogP contribution in [0.5, 0.6) is 5.75 Å². The Morgan fingerprint density at radius 3 is 2.55 bits per heavy atom. The highest BCUT2D eigenvalue weighted by atomic mass is 35.5. The fourth-order valence-electron chi connectivity index (χ4n) is 5.36. The van der Waals surface area contributed by atoms with Crippen LogP contribution in [0, 0.1) is 0 Å². The zero-order valence-electron chi connectivity index (χ0n) is 21.5. The Morgan fingerprint density at radius 2 is 1.84 bits per heavy atom. The molecule has 2 aromatic carbocycles. The van der Waals surface area contributed by atoms with Gasteiger partial charge in [-0.15, -0.1) is 0 Å². The summed E-state index contributed by atoms with van der Waals surface area (Å²) in [6, 6.07) is 12.9. The number of piperazine rings is 1. The molecule has 2 amide bonds. The van der Waals surface area contributed by atoms with Gasteiger partial charge in [0, 0.05) is 60.9 Å². The first-order valence-corrected chi connectivity index (χ1v) is 13.4. The second-order valence-corrected chi connectivity index (χ2v) is 9.99. The predicted octanol–water partition coefficient (Wildman–Crippen LogP) is 3.44. The molecule has 5 rings (SSSR count). The molecule has 2 aliphatic rings. The number of amides is 2. The van der Waals surface area contributed by atoms with E-state index in [0.29, 0.717) is 50.0 Å². The molecular weight excluding hydrogens is 508 g/mol. The number of carbonyl (C=O) groups excluding carboxylic acids is 2. The van der Waals surface area contributed by atoms with Crippen molar-refractivity contribution in [3.63, 3.8) is 0 Å². The van der Waals surface area contributed by atoms with E-state index in [1.165, 1.54) is 0 Å². The number of nitrogens with zero attached hydrogens (tertiary/aromatic N) is 3. The van der Waals surface area contributed by atoms with Gasteiger partial charge in [0.05, 0.1) is 13.2 Å². The summed E-state index contributed by atoms with van der Waals surface area (Å²) in [5.74, 6) is 0.531. The van der Waals surface area contributed by atoms with Gasteiger partial charge in [-0.3, -0.25) is 14.6 Å². The number of hydrogen-bond donors (Lipinski definition) is 2. The maximum absolute atomic E-state index is 12.9. The van der Waals surface area contributed by atoms with Crippen LogP contribution in [0.1, 0.15) is 29.8 Å². The molecule has 2 aliphatic heterocycles. The number of β-amino-alcohol motifs (C(OH)–C–C–N with tert-alkyl or cyclic N) is 1. The van der Waals surface area contributed by atoms with Crippen LogP contribution in [0.25, 0.3) is 10.9 Å². The number of fused-ring (bicyclic) bond motifs is 3. The number of benzene rings is 2. The van der Waals surface area contributed by atoms with E-state index in [1.807, 2.05) is 42.5 Å². The van der Waals surface area contributed by atoms with E-state index < -0.39 is 0 Å². The van der Waals surface area contributed by atoms with Gasteiger partial charge in [0.2, 0.25) is 0 Å².